The van der Waals surface area contributed by atoms with Crippen LogP contribution >= 0.6 is 0 Å². The fourth-order valence-electron chi connectivity index (χ4n) is 1.86. The van der Waals surface area contributed by atoms with Gasteiger partial charge in [0.15, 0.2) is 0 Å². The van der Waals surface area contributed by atoms with E-state index < -0.39 is 6.10 Å². The third-order valence-electron chi connectivity index (χ3n) is 2.55. The monoisotopic (exact) mass is 167 g/mol. The molecule has 66 valence electrons. The second kappa shape index (κ2) is 3.27. The Morgan fingerprint density at radius 3 is 2.83 bits per heavy atom. The lowest BCUT2D eigenvalue weighted by atomic mass is 10.0. The third kappa shape index (κ3) is 1.37. The number of nitrogens with zero attached hydrogens (tertiary/aromatic N) is 1. The van der Waals surface area contributed by atoms with Crippen LogP contribution in [0.25, 0.3) is 0 Å². The number of rotatable bonds is 2. The maximum absolute atomic E-state index is 9.75. The molecule has 0 bridgehead atoms. The van der Waals surface area contributed by atoms with Crippen molar-refractivity contribution in [1.82, 2.24) is 4.98 Å². The van der Waals surface area contributed by atoms with E-state index >= 15 is 0 Å². The Bertz CT molecular complexity index is 227. The molecule has 3 heteroatoms. The highest BCUT2D eigenvalue weighted by Crippen LogP contribution is 2.34. The van der Waals surface area contributed by atoms with Crippen molar-refractivity contribution in [2.24, 2.45) is 5.92 Å². The van der Waals surface area contributed by atoms with E-state index in [-0.39, 0.29) is 0 Å². The summed E-state index contributed by atoms with van der Waals surface area (Å²) in [5.74, 6) is 0.838. The summed E-state index contributed by atoms with van der Waals surface area (Å²) in [6.45, 7) is 0. The topological polar surface area (TPSA) is 46.3 Å². The van der Waals surface area contributed by atoms with Crippen molar-refractivity contribution in [1.29, 1.82) is 0 Å². The van der Waals surface area contributed by atoms with E-state index in [0.717, 1.165) is 12.8 Å². The van der Waals surface area contributed by atoms with E-state index in [1.54, 1.807) is 6.20 Å². The van der Waals surface area contributed by atoms with Crippen LogP contribution in [0.5, 0.6) is 0 Å². The molecule has 1 N–H and O–H groups in total. The van der Waals surface area contributed by atoms with Crippen molar-refractivity contribution in [3.63, 3.8) is 0 Å². The zero-order chi connectivity index (χ0) is 8.39. The Balaban J connectivity index is 2.04. The summed E-state index contributed by atoms with van der Waals surface area (Å²) < 4.78 is 5.05. The van der Waals surface area contributed by atoms with E-state index in [9.17, 15) is 5.11 Å². The van der Waals surface area contributed by atoms with Gasteiger partial charge in [-0.3, -0.25) is 0 Å². The second-order valence-corrected chi connectivity index (χ2v) is 3.36. The molecule has 1 aromatic heterocycles. The molecule has 2 rings (SSSR count). The Labute approximate surface area is 71.4 Å². The molecule has 0 radical (unpaired) electrons. The van der Waals surface area contributed by atoms with Crippen LogP contribution in [0.2, 0.25) is 0 Å². The normalized spacial score (nSPS) is 21.4. The lowest BCUT2D eigenvalue weighted by molar-refractivity contribution is 0.0834. The Morgan fingerprint density at radius 2 is 2.25 bits per heavy atom. The predicted molar refractivity (Wildman–Crippen MR) is 43.4 cm³/mol. The lowest BCUT2D eigenvalue weighted by Gasteiger charge is -2.13. The largest absolute Gasteiger partial charge is 0.446 e. The highest BCUT2D eigenvalue weighted by molar-refractivity contribution is 4.90. The molecular formula is C9H13NO2. The Kier molecular flexibility index (Phi) is 2.13. The average molecular weight is 167 g/mol. The van der Waals surface area contributed by atoms with Crippen molar-refractivity contribution in [2.75, 3.05) is 0 Å². The number of hydrogen-bond acceptors (Lipinski definition) is 3. The Morgan fingerprint density at radius 1 is 1.50 bits per heavy atom. The molecule has 1 atom stereocenters. The van der Waals surface area contributed by atoms with Crippen LogP contribution in [0.4, 0.5) is 0 Å². The minimum atomic E-state index is -0.484. The van der Waals surface area contributed by atoms with Crippen LogP contribution in [0, 0.1) is 5.92 Å². The maximum atomic E-state index is 9.75. The van der Waals surface area contributed by atoms with Crippen molar-refractivity contribution in [3.05, 3.63) is 18.4 Å². The van der Waals surface area contributed by atoms with Crippen molar-refractivity contribution in [2.45, 2.75) is 31.8 Å². The first kappa shape index (κ1) is 7.80. The second-order valence-electron chi connectivity index (χ2n) is 3.36. The highest BCUT2D eigenvalue weighted by atomic mass is 16.4. The summed E-state index contributed by atoms with van der Waals surface area (Å²) in [6, 6.07) is 0. The van der Waals surface area contributed by atoms with Crippen LogP contribution in [0.3, 0.4) is 0 Å². The third-order valence-corrected chi connectivity index (χ3v) is 2.55. The first-order chi connectivity index (χ1) is 5.88. The molecule has 0 spiro atoms. The fraction of sp³-hybridized carbons (Fsp3) is 0.667. The van der Waals surface area contributed by atoms with Crippen molar-refractivity contribution >= 4 is 0 Å². The van der Waals surface area contributed by atoms with Gasteiger partial charge in [0.25, 0.3) is 0 Å². The molecule has 1 heterocycles. The quantitative estimate of drug-likeness (QED) is 0.731. The van der Waals surface area contributed by atoms with Gasteiger partial charge in [0.1, 0.15) is 12.4 Å². The molecule has 1 unspecified atom stereocenters. The standard InChI is InChI=1S/C9H13NO2/c11-8(7-3-1-2-4-7)9-10-5-6-12-9/h5-8,11H,1-4H2. The summed E-state index contributed by atoms with van der Waals surface area (Å²) in [6.07, 6.45) is 7.25. The van der Waals surface area contributed by atoms with Crippen LogP contribution in [0.15, 0.2) is 16.9 Å². The SMILES string of the molecule is OC(c1ncco1)C1CCCC1. The first-order valence-electron chi connectivity index (χ1n) is 4.45. The van der Waals surface area contributed by atoms with E-state index in [4.69, 9.17) is 4.42 Å². The van der Waals surface area contributed by atoms with Crippen molar-refractivity contribution in [3.8, 4) is 0 Å². The van der Waals surface area contributed by atoms with E-state index in [1.165, 1.54) is 19.1 Å². The van der Waals surface area contributed by atoms with Gasteiger partial charge in [0.2, 0.25) is 5.89 Å². The van der Waals surface area contributed by atoms with Gasteiger partial charge in [-0.25, -0.2) is 4.98 Å². The number of hydrogen-bond donors (Lipinski definition) is 1. The molecule has 1 fully saturated rings. The van der Waals surface area contributed by atoms with Crippen LogP contribution in [-0.2, 0) is 0 Å². The van der Waals surface area contributed by atoms with Gasteiger partial charge in [-0.15, -0.1) is 0 Å². The van der Waals surface area contributed by atoms with Gasteiger partial charge in [-0.2, -0.15) is 0 Å². The predicted octanol–water partition coefficient (Wildman–Crippen LogP) is 1.90. The minimum Gasteiger partial charge on any atom is -0.446 e. The molecule has 1 aromatic rings. The first-order valence-corrected chi connectivity index (χ1v) is 4.45. The van der Waals surface area contributed by atoms with Gasteiger partial charge < -0.3 is 9.52 Å². The van der Waals surface area contributed by atoms with Crippen molar-refractivity contribution < 1.29 is 9.52 Å². The molecule has 1 aliphatic carbocycles. The van der Waals surface area contributed by atoms with Gasteiger partial charge in [0.05, 0.1) is 6.20 Å². The summed E-state index contributed by atoms with van der Waals surface area (Å²) in [5, 5.41) is 9.75. The van der Waals surface area contributed by atoms with E-state index in [2.05, 4.69) is 4.98 Å². The van der Waals surface area contributed by atoms with Crippen LogP contribution in [-0.4, -0.2) is 10.1 Å². The fourth-order valence-corrected chi connectivity index (χ4v) is 1.86. The summed E-state index contributed by atoms with van der Waals surface area (Å²) in [7, 11) is 0. The van der Waals surface area contributed by atoms with Gasteiger partial charge in [0, 0.05) is 0 Å². The molecular weight excluding hydrogens is 154 g/mol. The molecule has 0 saturated heterocycles. The molecule has 12 heavy (non-hydrogen) atoms. The van der Waals surface area contributed by atoms with Gasteiger partial charge >= 0.3 is 0 Å². The average Bonchev–Trinajstić information content (AvgIpc) is 2.77. The highest BCUT2D eigenvalue weighted by Gasteiger charge is 2.26. The summed E-state index contributed by atoms with van der Waals surface area (Å²) in [4.78, 5) is 3.94. The number of aliphatic hydroxyl groups excluding tert-OH is 1. The maximum Gasteiger partial charge on any atom is 0.223 e. The molecule has 3 nitrogen and oxygen atoms in total. The van der Waals surface area contributed by atoms with Crippen LogP contribution in [0.1, 0.15) is 37.7 Å². The van der Waals surface area contributed by atoms with E-state index in [1.807, 2.05) is 0 Å². The molecule has 1 saturated carbocycles. The minimum absolute atomic E-state index is 0.364. The zero-order valence-corrected chi connectivity index (χ0v) is 6.94. The molecule has 1 aliphatic rings. The molecule has 0 aliphatic heterocycles. The van der Waals surface area contributed by atoms with Crippen LogP contribution < -0.4 is 0 Å². The summed E-state index contributed by atoms with van der Waals surface area (Å²) >= 11 is 0. The molecule has 0 amide bonds. The van der Waals surface area contributed by atoms with Gasteiger partial charge in [-0.05, 0) is 18.8 Å². The Hall–Kier alpha value is -0.830. The number of aliphatic hydroxyl groups is 1. The van der Waals surface area contributed by atoms with Gasteiger partial charge in [-0.1, -0.05) is 12.8 Å². The molecule has 0 aromatic carbocycles. The lowest BCUT2D eigenvalue weighted by Crippen LogP contribution is -2.08. The summed E-state index contributed by atoms with van der Waals surface area (Å²) in [5.41, 5.74) is 0. The van der Waals surface area contributed by atoms with E-state index in [0.29, 0.717) is 11.8 Å². The number of aromatic nitrogens is 1. The zero-order valence-electron chi connectivity index (χ0n) is 6.94. The smallest absolute Gasteiger partial charge is 0.223 e. The number of oxazole rings is 1.